The summed E-state index contributed by atoms with van der Waals surface area (Å²) in [5.41, 5.74) is 3.03. The minimum Gasteiger partial charge on any atom is -0.310 e. The summed E-state index contributed by atoms with van der Waals surface area (Å²) in [4.78, 5) is 0. The molecule has 1 N–H and O–H groups in total. The molecule has 1 nitrogen and oxygen atoms in total. The van der Waals surface area contributed by atoms with E-state index in [2.05, 4.69) is 43.4 Å². The molecule has 1 heterocycles. The van der Waals surface area contributed by atoms with Gasteiger partial charge in [-0.05, 0) is 36.4 Å². The maximum absolute atomic E-state index is 3.63. The maximum atomic E-state index is 3.63. The Bertz CT molecular complexity index is 311. The fraction of sp³-hybridized carbons (Fsp3) is 0.571. The first-order valence-corrected chi connectivity index (χ1v) is 6.11. The lowest BCUT2D eigenvalue weighted by atomic mass is 9.89. The van der Waals surface area contributed by atoms with E-state index in [-0.39, 0.29) is 0 Å². The molecule has 0 bridgehead atoms. The molecule has 0 amide bonds. The molecule has 0 unspecified atom stereocenters. The van der Waals surface area contributed by atoms with Gasteiger partial charge < -0.3 is 5.32 Å². The number of hydrogen-bond acceptors (Lipinski definition) is 1. The van der Waals surface area contributed by atoms with Gasteiger partial charge in [0.2, 0.25) is 0 Å². The van der Waals surface area contributed by atoms with Gasteiger partial charge >= 0.3 is 0 Å². The predicted molar refractivity (Wildman–Crippen MR) is 65.1 cm³/mol. The molecule has 0 aromatic heterocycles. The van der Waals surface area contributed by atoms with Gasteiger partial charge in [0.05, 0.1) is 0 Å². The molecule has 1 aliphatic heterocycles. The predicted octanol–water partition coefficient (Wildman–Crippen LogP) is 3.62. The first kappa shape index (κ1) is 10.7. The standard InChI is InChI=1S/C14H21N/c1-11(2)12-7-3-4-8-13(12)14-9-5-6-10-15-14/h3-4,7-8,11,14-15H,5-6,9-10H2,1-2H3/t14-/m0/s1. The van der Waals surface area contributed by atoms with E-state index in [0.29, 0.717) is 12.0 Å². The Labute approximate surface area is 92.9 Å². The summed E-state index contributed by atoms with van der Waals surface area (Å²) in [5.74, 6) is 0.630. The van der Waals surface area contributed by atoms with Crippen LogP contribution in [0.25, 0.3) is 0 Å². The Morgan fingerprint density at radius 2 is 2.00 bits per heavy atom. The van der Waals surface area contributed by atoms with E-state index in [9.17, 15) is 0 Å². The number of benzene rings is 1. The minimum atomic E-state index is 0.595. The van der Waals surface area contributed by atoms with E-state index in [0.717, 1.165) is 0 Å². The van der Waals surface area contributed by atoms with Crippen LogP contribution in [0.3, 0.4) is 0 Å². The van der Waals surface area contributed by atoms with Gasteiger partial charge in [0.15, 0.2) is 0 Å². The van der Waals surface area contributed by atoms with Crippen LogP contribution in [0.5, 0.6) is 0 Å². The summed E-state index contributed by atoms with van der Waals surface area (Å²) in [6.45, 7) is 5.74. The lowest BCUT2D eigenvalue weighted by Crippen LogP contribution is -2.27. The molecular formula is C14H21N. The van der Waals surface area contributed by atoms with Crippen molar-refractivity contribution >= 4 is 0 Å². The second-order valence-electron chi connectivity index (χ2n) is 4.79. The SMILES string of the molecule is CC(C)c1ccccc1[C@@H]1CCCCN1. The summed E-state index contributed by atoms with van der Waals surface area (Å²) < 4.78 is 0. The first-order chi connectivity index (χ1) is 7.29. The van der Waals surface area contributed by atoms with Crippen LogP contribution in [0.15, 0.2) is 24.3 Å². The molecule has 0 saturated carbocycles. The number of nitrogens with one attached hydrogen (secondary N) is 1. The van der Waals surface area contributed by atoms with E-state index in [1.165, 1.54) is 36.9 Å². The van der Waals surface area contributed by atoms with Crippen molar-refractivity contribution in [2.45, 2.75) is 45.1 Å². The van der Waals surface area contributed by atoms with Crippen LogP contribution in [0.2, 0.25) is 0 Å². The third-order valence-electron chi connectivity index (χ3n) is 3.30. The van der Waals surface area contributed by atoms with Crippen molar-refractivity contribution in [2.75, 3.05) is 6.54 Å². The highest BCUT2D eigenvalue weighted by atomic mass is 14.9. The zero-order valence-corrected chi connectivity index (χ0v) is 9.79. The normalized spacial score (nSPS) is 21.9. The monoisotopic (exact) mass is 203 g/mol. The second kappa shape index (κ2) is 4.80. The van der Waals surface area contributed by atoms with Gasteiger partial charge in [0.1, 0.15) is 0 Å². The average Bonchev–Trinajstić information content (AvgIpc) is 2.30. The molecule has 2 rings (SSSR count). The third kappa shape index (κ3) is 2.40. The molecule has 1 atom stereocenters. The van der Waals surface area contributed by atoms with Gasteiger partial charge in [0, 0.05) is 6.04 Å². The molecule has 1 aliphatic rings. The van der Waals surface area contributed by atoms with Crippen LogP contribution in [0, 0.1) is 0 Å². The Hall–Kier alpha value is -0.820. The fourth-order valence-corrected chi connectivity index (χ4v) is 2.47. The van der Waals surface area contributed by atoms with Gasteiger partial charge in [-0.25, -0.2) is 0 Å². The molecule has 0 aliphatic carbocycles. The summed E-state index contributed by atoms with van der Waals surface area (Å²) in [6, 6.07) is 9.48. The molecule has 0 spiro atoms. The molecule has 1 heteroatoms. The molecule has 0 radical (unpaired) electrons. The van der Waals surface area contributed by atoms with E-state index < -0.39 is 0 Å². The summed E-state index contributed by atoms with van der Waals surface area (Å²) >= 11 is 0. The van der Waals surface area contributed by atoms with Crippen molar-refractivity contribution in [3.8, 4) is 0 Å². The molecular weight excluding hydrogens is 182 g/mol. The Morgan fingerprint density at radius 3 is 2.67 bits per heavy atom. The lowest BCUT2D eigenvalue weighted by Gasteiger charge is -2.26. The van der Waals surface area contributed by atoms with E-state index in [1.807, 2.05) is 0 Å². The third-order valence-corrected chi connectivity index (χ3v) is 3.30. The van der Waals surface area contributed by atoms with Crippen LogP contribution >= 0.6 is 0 Å². The molecule has 82 valence electrons. The molecule has 1 saturated heterocycles. The van der Waals surface area contributed by atoms with Crippen molar-refractivity contribution < 1.29 is 0 Å². The lowest BCUT2D eigenvalue weighted by molar-refractivity contribution is 0.409. The first-order valence-electron chi connectivity index (χ1n) is 6.11. The Kier molecular flexibility index (Phi) is 3.42. The van der Waals surface area contributed by atoms with Crippen LogP contribution in [-0.4, -0.2) is 6.54 Å². The van der Waals surface area contributed by atoms with Crippen LogP contribution in [-0.2, 0) is 0 Å². The fourth-order valence-electron chi connectivity index (χ4n) is 2.47. The van der Waals surface area contributed by atoms with E-state index in [1.54, 1.807) is 0 Å². The number of piperidine rings is 1. The summed E-state index contributed by atoms with van der Waals surface area (Å²) in [7, 11) is 0. The minimum absolute atomic E-state index is 0.595. The van der Waals surface area contributed by atoms with Gasteiger partial charge in [-0.3, -0.25) is 0 Å². The van der Waals surface area contributed by atoms with Crippen LogP contribution in [0.1, 0.15) is 56.2 Å². The van der Waals surface area contributed by atoms with Gasteiger partial charge in [-0.2, -0.15) is 0 Å². The van der Waals surface area contributed by atoms with Crippen molar-refractivity contribution in [2.24, 2.45) is 0 Å². The molecule has 15 heavy (non-hydrogen) atoms. The highest BCUT2D eigenvalue weighted by Gasteiger charge is 2.18. The van der Waals surface area contributed by atoms with E-state index in [4.69, 9.17) is 0 Å². The summed E-state index contributed by atoms with van der Waals surface area (Å²) in [5, 5.41) is 3.63. The second-order valence-corrected chi connectivity index (χ2v) is 4.79. The quantitative estimate of drug-likeness (QED) is 0.774. The van der Waals surface area contributed by atoms with Crippen molar-refractivity contribution in [3.63, 3.8) is 0 Å². The summed E-state index contributed by atoms with van der Waals surface area (Å²) in [6.07, 6.45) is 3.99. The molecule has 1 aromatic carbocycles. The van der Waals surface area contributed by atoms with Crippen LogP contribution in [0.4, 0.5) is 0 Å². The van der Waals surface area contributed by atoms with Crippen LogP contribution < -0.4 is 5.32 Å². The Morgan fingerprint density at radius 1 is 1.20 bits per heavy atom. The smallest absolute Gasteiger partial charge is 0.0323 e. The topological polar surface area (TPSA) is 12.0 Å². The van der Waals surface area contributed by atoms with Gasteiger partial charge in [0.25, 0.3) is 0 Å². The van der Waals surface area contributed by atoms with Crippen molar-refractivity contribution in [3.05, 3.63) is 35.4 Å². The molecule has 1 aromatic rings. The zero-order valence-electron chi connectivity index (χ0n) is 9.79. The number of hydrogen-bond donors (Lipinski definition) is 1. The highest BCUT2D eigenvalue weighted by Crippen LogP contribution is 2.29. The van der Waals surface area contributed by atoms with Crippen molar-refractivity contribution in [1.82, 2.24) is 5.32 Å². The average molecular weight is 203 g/mol. The number of rotatable bonds is 2. The van der Waals surface area contributed by atoms with Crippen molar-refractivity contribution in [1.29, 1.82) is 0 Å². The largest absolute Gasteiger partial charge is 0.310 e. The maximum Gasteiger partial charge on any atom is 0.0323 e. The van der Waals surface area contributed by atoms with Gasteiger partial charge in [-0.15, -0.1) is 0 Å². The Balaban J connectivity index is 2.25. The van der Waals surface area contributed by atoms with E-state index >= 15 is 0 Å². The molecule has 1 fully saturated rings. The highest BCUT2D eigenvalue weighted by molar-refractivity contribution is 5.32. The zero-order chi connectivity index (χ0) is 10.7. The van der Waals surface area contributed by atoms with Gasteiger partial charge in [-0.1, -0.05) is 44.5 Å².